The summed E-state index contributed by atoms with van der Waals surface area (Å²) in [7, 11) is 0. The maximum Gasteiger partial charge on any atom is 0.249 e. The van der Waals surface area contributed by atoms with Crippen LogP contribution >= 0.6 is 0 Å². The molecule has 0 radical (unpaired) electrons. The van der Waals surface area contributed by atoms with E-state index in [0.29, 0.717) is 5.89 Å². The number of aromatic nitrogens is 3. The van der Waals surface area contributed by atoms with Crippen molar-refractivity contribution in [1.82, 2.24) is 15.2 Å². The normalized spacial score (nSPS) is 10.1. The standard InChI is InChI=1S/C8H7N3O/c1-6-7(3-2-4-9-6)8-11-10-5-12-8/h2-5H,1H3. The summed E-state index contributed by atoms with van der Waals surface area (Å²) in [5, 5.41) is 7.39. The minimum Gasteiger partial charge on any atom is -0.423 e. The van der Waals surface area contributed by atoms with Crippen LogP contribution in [0.1, 0.15) is 5.69 Å². The highest BCUT2D eigenvalue weighted by Gasteiger charge is 2.05. The number of nitrogens with zero attached hydrogens (tertiary/aromatic N) is 3. The van der Waals surface area contributed by atoms with Crippen molar-refractivity contribution in [1.29, 1.82) is 0 Å². The lowest BCUT2D eigenvalue weighted by Crippen LogP contribution is -1.86. The Morgan fingerprint density at radius 1 is 1.42 bits per heavy atom. The first-order valence-electron chi connectivity index (χ1n) is 3.56. The van der Waals surface area contributed by atoms with E-state index in [9.17, 15) is 0 Å². The topological polar surface area (TPSA) is 51.8 Å². The molecule has 0 amide bonds. The van der Waals surface area contributed by atoms with Gasteiger partial charge in [-0.3, -0.25) is 4.98 Å². The molecule has 0 saturated heterocycles. The average molecular weight is 161 g/mol. The van der Waals surface area contributed by atoms with Gasteiger partial charge in [0.15, 0.2) is 0 Å². The summed E-state index contributed by atoms with van der Waals surface area (Å²) in [4.78, 5) is 4.11. The summed E-state index contributed by atoms with van der Waals surface area (Å²) in [5.74, 6) is 0.514. The van der Waals surface area contributed by atoms with Crippen molar-refractivity contribution >= 4 is 0 Å². The van der Waals surface area contributed by atoms with Crippen LogP contribution in [0.4, 0.5) is 0 Å². The van der Waals surface area contributed by atoms with Crippen molar-refractivity contribution in [3.63, 3.8) is 0 Å². The molecule has 0 aliphatic carbocycles. The van der Waals surface area contributed by atoms with Gasteiger partial charge in [-0.2, -0.15) is 0 Å². The van der Waals surface area contributed by atoms with E-state index in [1.807, 2.05) is 19.1 Å². The van der Waals surface area contributed by atoms with Crippen LogP contribution in [-0.2, 0) is 0 Å². The zero-order valence-corrected chi connectivity index (χ0v) is 6.56. The molecule has 4 heteroatoms. The molecule has 0 aliphatic rings. The Morgan fingerprint density at radius 2 is 2.33 bits per heavy atom. The van der Waals surface area contributed by atoms with Gasteiger partial charge >= 0.3 is 0 Å². The Morgan fingerprint density at radius 3 is 3.00 bits per heavy atom. The van der Waals surface area contributed by atoms with Gasteiger partial charge in [-0.25, -0.2) is 0 Å². The van der Waals surface area contributed by atoms with Crippen LogP contribution in [-0.4, -0.2) is 15.2 Å². The molecule has 0 aliphatic heterocycles. The lowest BCUT2D eigenvalue weighted by molar-refractivity contribution is 0.568. The first kappa shape index (κ1) is 6.97. The maximum absolute atomic E-state index is 5.04. The van der Waals surface area contributed by atoms with Gasteiger partial charge < -0.3 is 4.42 Å². The van der Waals surface area contributed by atoms with Gasteiger partial charge in [0, 0.05) is 11.9 Å². The molecule has 2 rings (SSSR count). The molecule has 0 aromatic carbocycles. The van der Waals surface area contributed by atoms with Crippen molar-refractivity contribution in [2.75, 3.05) is 0 Å². The molecule has 0 fully saturated rings. The third-order valence-electron chi connectivity index (χ3n) is 1.60. The fourth-order valence-corrected chi connectivity index (χ4v) is 1.00. The summed E-state index contributed by atoms with van der Waals surface area (Å²) in [6, 6.07) is 3.74. The number of rotatable bonds is 1. The Bertz CT molecular complexity index is 370. The summed E-state index contributed by atoms with van der Waals surface area (Å²) < 4.78 is 5.04. The van der Waals surface area contributed by atoms with E-state index in [-0.39, 0.29) is 0 Å². The summed E-state index contributed by atoms with van der Waals surface area (Å²) in [6.07, 6.45) is 3.04. The number of aryl methyl sites for hydroxylation is 1. The highest BCUT2D eigenvalue weighted by molar-refractivity contribution is 5.54. The molecule has 0 bridgehead atoms. The van der Waals surface area contributed by atoms with Crippen LogP contribution in [0, 0.1) is 6.92 Å². The SMILES string of the molecule is Cc1ncccc1-c1nnco1. The summed E-state index contributed by atoms with van der Waals surface area (Å²) >= 11 is 0. The largest absolute Gasteiger partial charge is 0.423 e. The third-order valence-corrected chi connectivity index (χ3v) is 1.60. The lowest BCUT2D eigenvalue weighted by atomic mass is 10.2. The van der Waals surface area contributed by atoms with Crippen molar-refractivity contribution in [3.8, 4) is 11.5 Å². The third kappa shape index (κ3) is 1.07. The predicted molar refractivity (Wildman–Crippen MR) is 42.3 cm³/mol. The first-order valence-corrected chi connectivity index (χ1v) is 3.56. The van der Waals surface area contributed by atoms with E-state index in [4.69, 9.17) is 4.42 Å². The van der Waals surface area contributed by atoms with Gasteiger partial charge in [-0.15, -0.1) is 10.2 Å². The predicted octanol–water partition coefficient (Wildman–Crippen LogP) is 1.44. The van der Waals surface area contributed by atoms with E-state index >= 15 is 0 Å². The molecule has 0 atom stereocenters. The zero-order chi connectivity index (χ0) is 8.39. The fraction of sp³-hybridized carbons (Fsp3) is 0.125. The molecule has 4 nitrogen and oxygen atoms in total. The van der Waals surface area contributed by atoms with Gasteiger partial charge in [0.1, 0.15) is 0 Å². The molecule has 2 aromatic rings. The van der Waals surface area contributed by atoms with Gasteiger partial charge in [0.05, 0.1) is 5.56 Å². The Hall–Kier alpha value is -1.71. The first-order chi connectivity index (χ1) is 5.88. The zero-order valence-electron chi connectivity index (χ0n) is 6.56. The van der Waals surface area contributed by atoms with Crippen molar-refractivity contribution in [3.05, 3.63) is 30.4 Å². The van der Waals surface area contributed by atoms with E-state index in [0.717, 1.165) is 11.3 Å². The molecule has 0 N–H and O–H groups in total. The average Bonchev–Trinajstić information content (AvgIpc) is 2.57. The second-order valence-electron chi connectivity index (χ2n) is 2.38. The van der Waals surface area contributed by atoms with Crippen molar-refractivity contribution < 1.29 is 4.42 Å². The second kappa shape index (κ2) is 2.73. The maximum atomic E-state index is 5.04. The molecule has 2 heterocycles. The van der Waals surface area contributed by atoms with Crippen LogP contribution in [0.5, 0.6) is 0 Å². The molecule has 2 aromatic heterocycles. The quantitative estimate of drug-likeness (QED) is 0.635. The molecule has 0 unspecified atom stereocenters. The van der Waals surface area contributed by atoms with Crippen molar-refractivity contribution in [2.45, 2.75) is 6.92 Å². The Balaban J connectivity index is 2.55. The van der Waals surface area contributed by atoms with E-state index in [1.165, 1.54) is 6.39 Å². The highest BCUT2D eigenvalue weighted by Crippen LogP contribution is 2.17. The molecule has 60 valence electrons. The summed E-state index contributed by atoms with van der Waals surface area (Å²) in [5.41, 5.74) is 1.77. The van der Waals surface area contributed by atoms with Crippen LogP contribution in [0.25, 0.3) is 11.5 Å². The molecular formula is C8H7N3O. The van der Waals surface area contributed by atoms with Crippen molar-refractivity contribution in [2.24, 2.45) is 0 Å². The molecule has 0 saturated carbocycles. The van der Waals surface area contributed by atoms with Crippen LogP contribution in [0.3, 0.4) is 0 Å². The lowest BCUT2D eigenvalue weighted by Gasteiger charge is -1.96. The van der Waals surface area contributed by atoms with Gasteiger partial charge in [0.25, 0.3) is 0 Å². The fourth-order valence-electron chi connectivity index (χ4n) is 1.00. The van der Waals surface area contributed by atoms with Gasteiger partial charge in [-0.1, -0.05) is 0 Å². The van der Waals surface area contributed by atoms with E-state index in [1.54, 1.807) is 6.20 Å². The van der Waals surface area contributed by atoms with E-state index < -0.39 is 0 Å². The molecule has 0 spiro atoms. The van der Waals surface area contributed by atoms with E-state index in [2.05, 4.69) is 15.2 Å². The Labute approximate surface area is 69.3 Å². The highest BCUT2D eigenvalue weighted by atomic mass is 16.4. The number of hydrogen-bond donors (Lipinski definition) is 0. The van der Waals surface area contributed by atoms with Crippen LogP contribution < -0.4 is 0 Å². The van der Waals surface area contributed by atoms with Gasteiger partial charge in [0.2, 0.25) is 12.3 Å². The molecular weight excluding hydrogens is 154 g/mol. The Kier molecular flexibility index (Phi) is 1.59. The van der Waals surface area contributed by atoms with Crippen LogP contribution in [0.2, 0.25) is 0 Å². The summed E-state index contributed by atoms with van der Waals surface area (Å²) in [6.45, 7) is 1.90. The minimum absolute atomic E-state index is 0.514. The number of pyridine rings is 1. The monoisotopic (exact) mass is 161 g/mol. The molecule has 12 heavy (non-hydrogen) atoms. The van der Waals surface area contributed by atoms with Crippen LogP contribution in [0.15, 0.2) is 29.1 Å². The second-order valence-corrected chi connectivity index (χ2v) is 2.38. The van der Waals surface area contributed by atoms with Gasteiger partial charge in [-0.05, 0) is 19.1 Å². The minimum atomic E-state index is 0.514. The smallest absolute Gasteiger partial charge is 0.249 e. The number of hydrogen-bond acceptors (Lipinski definition) is 4.